The molecule has 2 atom stereocenters. The van der Waals surface area contributed by atoms with Crippen LogP contribution in [0.2, 0.25) is 0 Å². The lowest BCUT2D eigenvalue weighted by Gasteiger charge is -2.26. The van der Waals surface area contributed by atoms with Crippen LogP contribution in [0, 0.1) is 17.5 Å². The van der Waals surface area contributed by atoms with Crippen LogP contribution in [0.25, 0.3) is 22.2 Å². The van der Waals surface area contributed by atoms with E-state index in [1.165, 1.54) is 35.0 Å². The van der Waals surface area contributed by atoms with Gasteiger partial charge in [-0.2, -0.15) is 4.98 Å². The van der Waals surface area contributed by atoms with E-state index in [4.69, 9.17) is 0 Å². The molecular weight excluding hydrogens is 576 g/mol. The minimum atomic E-state index is -4.39. The molecule has 1 fully saturated rings. The van der Waals surface area contributed by atoms with Gasteiger partial charge in [0.1, 0.15) is 23.3 Å². The summed E-state index contributed by atoms with van der Waals surface area (Å²) in [7, 11) is -4.39. The predicted molar refractivity (Wildman–Crippen MR) is 152 cm³/mol. The van der Waals surface area contributed by atoms with Gasteiger partial charge in [-0.15, -0.1) is 0 Å². The zero-order valence-corrected chi connectivity index (χ0v) is 23.5. The molecule has 0 aliphatic carbocycles. The minimum absolute atomic E-state index is 0.0594. The third-order valence-electron chi connectivity index (χ3n) is 6.83. The molecular formula is C28H28F4N6O3S. The quantitative estimate of drug-likeness (QED) is 0.253. The summed E-state index contributed by atoms with van der Waals surface area (Å²) in [6.45, 7) is 4.28. The zero-order chi connectivity index (χ0) is 30.2. The van der Waals surface area contributed by atoms with Gasteiger partial charge in [0.05, 0.1) is 5.75 Å². The van der Waals surface area contributed by atoms with E-state index in [0.717, 1.165) is 18.2 Å². The van der Waals surface area contributed by atoms with Gasteiger partial charge in [0.2, 0.25) is 16.0 Å². The highest BCUT2D eigenvalue weighted by molar-refractivity contribution is 7.91. The number of benzene rings is 2. The minimum Gasteiger partial charge on any atom is -0.350 e. The molecule has 14 heteroatoms. The van der Waals surface area contributed by atoms with Crippen molar-refractivity contribution in [2.45, 2.75) is 44.3 Å². The summed E-state index contributed by atoms with van der Waals surface area (Å²) < 4.78 is 86.3. The van der Waals surface area contributed by atoms with Crippen LogP contribution in [-0.4, -0.2) is 48.3 Å². The van der Waals surface area contributed by atoms with Crippen molar-refractivity contribution in [2.75, 3.05) is 23.1 Å². The Morgan fingerprint density at radius 3 is 2.45 bits per heavy atom. The number of halogens is 4. The van der Waals surface area contributed by atoms with Crippen LogP contribution in [0.1, 0.15) is 31.9 Å². The first kappa shape index (κ1) is 29.5. The Labute approximate surface area is 239 Å². The van der Waals surface area contributed by atoms with Crippen molar-refractivity contribution in [2.24, 2.45) is 0 Å². The molecule has 0 unspecified atom stereocenters. The normalized spacial score (nSPS) is 17.5. The first-order chi connectivity index (χ1) is 19.9. The molecule has 2 aromatic carbocycles. The maximum absolute atomic E-state index is 15.1. The highest BCUT2D eigenvalue weighted by Crippen LogP contribution is 2.29. The summed E-state index contributed by atoms with van der Waals surface area (Å²) in [5.41, 5.74) is -1.63. The van der Waals surface area contributed by atoms with E-state index in [1.54, 1.807) is 13.8 Å². The van der Waals surface area contributed by atoms with E-state index in [-0.39, 0.29) is 47.3 Å². The summed E-state index contributed by atoms with van der Waals surface area (Å²) in [4.78, 5) is 22.3. The van der Waals surface area contributed by atoms with Gasteiger partial charge in [-0.25, -0.2) is 31.0 Å². The molecule has 1 aliphatic heterocycles. The topological polar surface area (TPSA) is 118 Å². The Bertz CT molecular complexity index is 1790. The third kappa shape index (κ3) is 6.23. The number of rotatable bonds is 8. The van der Waals surface area contributed by atoms with Crippen LogP contribution in [0.3, 0.4) is 0 Å². The maximum Gasteiger partial charge on any atom is 0.260 e. The number of hydrogen-bond donors (Lipinski definition) is 3. The Morgan fingerprint density at radius 1 is 1.07 bits per heavy atom. The molecule has 9 nitrogen and oxygen atoms in total. The van der Waals surface area contributed by atoms with Gasteiger partial charge < -0.3 is 10.6 Å². The van der Waals surface area contributed by atoms with Gasteiger partial charge in [-0.3, -0.25) is 14.1 Å². The molecule has 0 bridgehead atoms. The van der Waals surface area contributed by atoms with Crippen LogP contribution >= 0.6 is 0 Å². The summed E-state index contributed by atoms with van der Waals surface area (Å²) in [6.07, 6.45) is 0.715. The summed E-state index contributed by atoms with van der Waals surface area (Å²) in [6, 6.07) is 7.58. The van der Waals surface area contributed by atoms with E-state index in [0.29, 0.717) is 11.9 Å². The second-order valence-corrected chi connectivity index (χ2v) is 12.1. The van der Waals surface area contributed by atoms with Gasteiger partial charge in [-0.05, 0) is 43.7 Å². The molecule has 0 saturated carbocycles. The molecule has 42 heavy (non-hydrogen) atoms. The zero-order valence-electron chi connectivity index (χ0n) is 22.7. The fourth-order valence-corrected chi connectivity index (χ4v) is 6.12. The molecule has 1 aliphatic rings. The van der Waals surface area contributed by atoms with E-state index in [2.05, 4.69) is 20.6 Å². The number of sulfonamides is 1. The number of fused-ring (bicyclic) bond motifs is 1. The second-order valence-electron chi connectivity index (χ2n) is 10.4. The molecule has 1 saturated heterocycles. The smallest absolute Gasteiger partial charge is 0.260 e. The third-order valence-corrected chi connectivity index (χ3v) is 8.04. The number of nitrogens with one attached hydrogen (secondary N) is 3. The van der Waals surface area contributed by atoms with Crippen LogP contribution in [0.4, 0.5) is 29.2 Å². The molecule has 3 N–H and O–H groups in total. The lowest BCUT2D eigenvalue weighted by Crippen LogP contribution is -2.44. The van der Waals surface area contributed by atoms with E-state index < -0.39 is 56.7 Å². The van der Waals surface area contributed by atoms with Crippen molar-refractivity contribution in [3.8, 4) is 11.1 Å². The van der Waals surface area contributed by atoms with Crippen molar-refractivity contribution in [1.82, 2.24) is 19.9 Å². The molecule has 3 heterocycles. The maximum atomic E-state index is 15.1. The van der Waals surface area contributed by atoms with Crippen molar-refractivity contribution in [3.63, 3.8) is 0 Å². The van der Waals surface area contributed by atoms with Gasteiger partial charge in [0.25, 0.3) is 5.56 Å². The molecule has 5 rings (SSSR count). The van der Waals surface area contributed by atoms with Crippen LogP contribution < -0.4 is 20.9 Å². The number of piperidine rings is 1. The van der Waals surface area contributed by atoms with E-state index in [9.17, 15) is 22.0 Å². The SMILES string of the molecule is CC(C)n1c(=O)c(-c2cc(F)c(NS(=O)(=O)Cc3ccccc3F)c(F)c2)cc2cnc(N[C@@H]3CNC[C@@H](F)C3)nc21. The average Bonchev–Trinajstić information content (AvgIpc) is 2.91. The lowest BCUT2D eigenvalue weighted by molar-refractivity contribution is 0.254. The summed E-state index contributed by atoms with van der Waals surface area (Å²) >= 11 is 0. The van der Waals surface area contributed by atoms with Crippen molar-refractivity contribution in [3.05, 3.63) is 82.0 Å². The Morgan fingerprint density at radius 2 is 1.79 bits per heavy atom. The lowest BCUT2D eigenvalue weighted by atomic mass is 10.0. The number of anilines is 2. The van der Waals surface area contributed by atoms with Crippen LogP contribution in [-0.2, 0) is 15.8 Å². The van der Waals surface area contributed by atoms with E-state index in [1.807, 2.05) is 4.72 Å². The Balaban J connectivity index is 1.48. The monoisotopic (exact) mass is 604 g/mol. The van der Waals surface area contributed by atoms with Crippen LogP contribution in [0.5, 0.6) is 0 Å². The summed E-state index contributed by atoms with van der Waals surface area (Å²) in [5, 5.41) is 6.47. The van der Waals surface area contributed by atoms with Gasteiger partial charge >= 0.3 is 0 Å². The highest BCUT2D eigenvalue weighted by atomic mass is 32.2. The number of hydrogen-bond acceptors (Lipinski definition) is 7. The second kappa shape index (κ2) is 11.7. The van der Waals surface area contributed by atoms with Gasteiger partial charge in [-0.1, -0.05) is 18.2 Å². The molecule has 0 radical (unpaired) electrons. The fourth-order valence-electron chi connectivity index (χ4n) is 4.90. The first-order valence-corrected chi connectivity index (χ1v) is 14.8. The molecule has 4 aromatic rings. The van der Waals surface area contributed by atoms with Gasteiger partial charge in [0, 0.05) is 54.3 Å². The molecule has 0 amide bonds. The largest absolute Gasteiger partial charge is 0.350 e. The highest BCUT2D eigenvalue weighted by Gasteiger charge is 2.24. The van der Waals surface area contributed by atoms with Crippen molar-refractivity contribution >= 4 is 32.7 Å². The van der Waals surface area contributed by atoms with Crippen molar-refractivity contribution < 1.29 is 26.0 Å². The summed E-state index contributed by atoms with van der Waals surface area (Å²) in [5.74, 6) is -3.94. The number of pyridine rings is 1. The number of nitrogens with zero attached hydrogens (tertiary/aromatic N) is 3. The first-order valence-electron chi connectivity index (χ1n) is 13.2. The standard InChI is InChI=1S/C28H28F4N6O3S/c1-15(2)38-26-18(11-34-28(36-26)35-20-10-19(29)12-33-13-20)7-21(27(38)39)17-8-23(31)25(24(32)9-17)37-42(40,41)14-16-5-3-4-6-22(16)30/h3-9,11,15,19-20,33,37H,10,12-14H2,1-2H3,(H,34,35,36)/t19-,20-/m0/s1. The predicted octanol–water partition coefficient (Wildman–Crippen LogP) is 4.51. The Kier molecular flexibility index (Phi) is 8.19. The van der Waals surface area contributed by atoms with Crippen LogP contribution in [0.15, 0.2) is 53.5 Å². The van der Waals surface area contributed by atoms with E-state index >= 15 is 8.78 Å². The molecule has 0 spiro atoms. The van der Waals surface area contributed by atoms with Crippen molar-refractivity contribution in [1.29, 1.82) is 0 Å². The number of aromatic nitrogens is 3. The molecule has 2 aromatic heterocycles. The fraction of sp³-hybridized carbons (Fsp3) is 0.321. The number of alkyl halides is 1. The van der Waals surface area contributed by atoms with Gasteiger partial charge in [0.15, 0.2) is 11.6 Å². The molecule has 222 valence electrons. The average molecular weight is 605 g/mol. The Hall–Kier alpha value is -4.04.